The maximum atomic E-state index is 12.8. The lowest BCUT2D eigenvalue weighted by Crippen LogP contribution is -2.19. The molecule has 0 radical (unpaired) electrons. The number of esters is 1. The molecule has 2 aromatic carbocycles. The number of benzene rings is 2. The lowest BCUT2D eigenvalue weighted by Gasteiger charge is -2.13. The van der Waals surface area contributed by atoms with Crippen LogP contribution in [0.3, 0.4) is 0 Å². The van der Waals surface area contributed by atoms with Crippen LogP contribution < -0.4 is 0 Å². The summed E-state index contributed by atoms with van der Waals surface area (Å²) in [5.74, 6) is -0.416. The fraction of sp³-hybridized carbons (Fsp3) is 0.200. The fourth-order valence-electron chi connectivity index (χ4n) is 2.79. The second-order valence-electron chi connectivity index (χ2n) is 5.97. The van der Waals surface area contributed by atoms with Crippen LogP contribution in [-0.4, -0.2) is 26.7 Å². The van der Waals surface area contributed by atoms with Crippen molar-refractivity contribution in [1.29, 1.82) is 0 Å². The van der Waals surface area contributed by atoms with E-state index in [2.05, 4.69) is 4.40 Å². The Hall–Kier alpha value is -2.64. The molecule has 1 aliphatic rings. The lowest BCUT2D eigenvalue weighted by molar-refractivity contribution is -0.137. The summed E-state index contributed by atoms with van der Waals surface area (Å²) in [7, 11) is -4.10. The summed E-state index contributed by atoms with van der Waals surface area (Å²) in [4.78, 5) is 12.4. The topological polar surface area (TPSA) is 82.0 Å². The van der Waals surface area contributed by atoms with Crippen LogP contribution in [0, 0.1) is 0 Å². The van der Waals surface area contributed by atoms with Gasteiger partial charge in [0.05, 0.1) is 11.5 Å². The molecule has 3 rings (SSSR count). The van der Waals surface area contributed by atoms with Crippen molar-refractivity contribution in [2.24, 2.45) is 4.40 Å². The number of halogens is 1. The number of carbonyl (C=O) groups excluding carboxylic acids is 1. The molecule has 0 saturated carbocycles. The Kier molecular flexibility index (Phi) is 5.86. The predicted molar refractivity (Wildman–Crippen MR) is 106 cm³/mol. The zero-order valence-corrected chi connectivity index (χ0v) is 16.8. The maximum absolute atomic E-state index is 12.8. The summed E-state index contributed by atoms with van der Waals surface area (Å²) < 4.78 is 40.5. The Balaban J connectivity index is 2.12. The molecular formula is C20H18ClNO5S. The van der Waals surface area contributed by atoms with Crippen LogP contribution in [0.15, 0.2) is 75.2 Å². The first-order valence-electron chi connectivity index (χ1n) is 8.54. The van der Waals surface area contributed by atoms with Gasteiger partial charge in [0.25, 0.3) is 10.0 Å². The fourth-order valence-corrected chi connectivity index (χ4v) is 3.95. The summed E-state index contributed by atoms with van der Waals surface area (Å²) in [6.07, 6.45) is -0.831. The van der Waals surface area contributed by atoms with Crippen LogP contribution in [0.2, 0.25) is 5.02 Å². The third kappa shape index (κ3) is 4.10. The summed E-state index contributed by atoms with van der Waals surface area (Å²) in [6, 6.07) is 14.6. The van der Waals surface area contributed by atoms with E-state index in [1.165, 1.54) is 24.3 Å². The molecule has 2 aromatic rings. The molecule has 0 fully saturated rings. The van der Waals surface area contributed by atoms with E-state index in [0.29, 0.717) is 10.6 Å². The maximum Gasteiger partial charge on any atom is 0.343 e. The zero-order valence-electron chi connectivity index (χ0n) is 15.3. The van der Waals surface area contributed by atoms with Gasteiger partial charge in [-0.15, -0.1) is 0 Å². The van der Waals surface area contributed by atoms with Gasteiger partial charge in [-0.2, -0.15) is 12.8 Å². The monoisotopic (exact) mass is 419 g/mol. The molecule has 0 amide bonds. The molecule has 28 heavy (non-hydrogen) atoms. The van der Waals surface area contributed by atoms with Gasteiger partial charge in [0.15, 0.2) is 6.10 Å². The van der Waals surface area contributed by atoms with Gasteiger partial charge in [-0.1, -0.05) is 41.9 Å². The molecule has 0 spiro atoms. The number of hydrogen-bond donors (Lipinski definition) is 0. The van der Waals surface area contributed by atoms with Crippen LogP contribution >= 0.6 is 11.6 Å². The molecule has 1 atom stereocenters. The predicted octanol–water partition coefficient (Wildman–Crippen LogP) is 4.08. The van der Waals surface area contributed by atoms with E-state index in [-0.39, 0.29) is 28.5 Å². The van der Waals surface area contributed by atoms with Gasteiger partial charge < -0.3 is 9.47 Å². The molecule has 1 heterocycles. The highest BCUT2D eigenvalue weighted by atomic mass is 35.5. The molecule has 8 heteroatoms. The minimum Gasteiger partial charge on any atom is -0.483 e. The van der Waals surface area contributed by atoms with Crippen molar-refractivity contribution in [3.05, 3.63) is 76.5 Å². The van der Waals surface area contributed by atoms with Crippen molar-refractivity contribution in [1.82, 2.24) is 0 Å². The molecule has 6 nitrogen and oxygen atoms in total. The van der Waals surface area contributed by atoms with Crippen LogP contribution in [0.1, 0.15) is 25.5 Å². The third-order valence-corrected chi connectivity index (χ3v) is 5.62. The summed E-state index contributed by atoms with van der Waals surface area (Å²) in [5.41, 5.74) is 0.691. The minimum atomic E-state index is -4.10. The molecule has 1 aliphatic heterocycles. The number of sulfonamides is 1. The largest absolute Gasteiger partial charge is 0.483 e. The Bertz CT molecular complexity index is 1040. The molecule has 0 N–H and O–H groups in total. The van der Waals surface area contributed by atoms with Crippen molar-refractivity contribution in [3.63, 3.8) is 0 Å². The van der Waals surface area contributed by atoms with E-state index >= 15 is 0 Å². The quantitative estimate of drug-likeness (QED) is 0.682. The minimum absolute atomic E-state index is 0.00269. The van der Waals surface area contributed by atoms with Gasteiger partial charge in [0.2, 0.25) is 0 Å². The molecule has 0 saturated heterocycles. The van der Waals surface area contributed by atoms with Gasteiger partial charge in [0, 0.05) is 5.02 Å². The SMILES string of the molecule is CCOC(=O)C1=C(C)OC(c2ccccc2)/C1=N/S(=O)(=O)c1ccc(Cl)cc1. The van der Waals surface area contributed by atoms with Gasteiger partial charge in [-0.05, 0) is 43.7 Å². The molecule has 0 bridgehead atoms. The first-order valence-corrected chi connectivity index (χ1v) is 10.4. The first-order chi connectivity index (χ1) is 13.3. The Morgan fingerprint density at radius 3 is 2.39 bits per heavy atom. The van der Waals surface area contributed by atoms with Crippen LogP contribution in [0.5, 0.6) is 0 Å². The molecule has 146 valence electrons. The Morgan fingerprint density at radius 1 is 1.14 bits per heavy atom. The van der Waals surface area contributed by atoms with Crippen molar-refractivity contribution in [3.8, 4) is 0 Å². The number of hydrogen-bond acceptors (Lipinski definition) is 5. The second-order valence-corrected chi connectivity index (χ2v) is 8.01. The highest BCUT2D eigenvalue weighted by Gasteiger charge is 2.38. The molecule has 1 unspecified atom stereocenters. The van der Waals surface area contributed by atoms with E-state index < -0.39 is 22.1 Å². The van der Waals surface area contributed by atoms with Crippen LogP contribution in [-0.2, 0) is 24.3 Å². The highest BCUT2D eigenvalue weighted by Crippen LogP contribution is 2.35. The number of rotatable bonds is 5. The van der Waals surface area contributed by atoms with Crippen molar-refractivity contribution in [2.75, 3.05) is 6.61 Å². The smallest absolute Gasteiger partial charge is 0.343 e. The normalized spacial score (nSPS) is 18.2. The Labute approximate surface area is 168 Å². The average Bonchev–Trinajstić information content (AvgIpc) is 2.98. The van der Waals surface area contributed by atoms with Crippen molar-refractivity contribution >= 4 is 33.3 Å². The van der Waals surface area contributed by atoms with E-state index in [1.807, 2.05) is 6.07 Å². The number of ether oxygens (including phenoxy) is 2. The van der Waals surface area contributed by atoms with E-state index in [1.54, 1.807) is 38.1 Å². The van der Waals surface area contributed by atoms with Crippen LogP contribution in [0.4, 0.5) is 0 Å². The Morgan fingerprint density at radius 2 is 1.79 bits per heavy atom. The van der Waals surface area contributed by atoms with Gasteiger partial charge in [-0.25, -0.2) is 4.79 Å². The summed E-state index contributed by atoms with van der Waals surface area (Å²) in [6.45, 7) is 3.39. The lowest BCUT2D eigenvalue weighted by atomic mass is 10.0. The van der Waals surface area contributed by atoms with Gasteiger partial charge >= 0.3 is 5.97 Å². The van der Waals surface area contributed by atoms with E-state index in [9.17, 15) is 13.2 Å². The first kappa shape index (κ1) is 20.1. The highest BCUT2D eigenvalue weighted by molar-refractivity contribution is 7.90. The number of carbonyl (C=O) groups is 1. The van der Waals surface area contributed by atoms with Gasteiger partial charge in [0.1, 0.15) is 17.0 Å². The third-order valence-electron chi connectivity index (χ3n) is 4.06. The standard InChI is InChI=1S/C20H18ClNO5S/c1-3-26-20(23)17-13(2)27-19(14-7-5-4-6-8-14)18(17)22-28(24,25)16-11-9-15(21)10-12-16/h4-12,19H,3H2,1-2H3/b22-18+. The van der Waals surface area contributed by atoms with Crippen molar-refractivity contribution < 1.29 is 22.7 Å². The molecule has 0 aliphatic carbocycles. The van der Waals surface area contributed by atoms with Crippen LogP contribution in [0.25, 0.3) is 0 Å². The molecular weight excluding hydrogens is 402 g/mol. The molecule has 0 aromatic heterocycles. The van der Waals surface area contributed by atoms with Gasteiger partial charge in [-0.3, -0.25) is 0 Å². The second kappa shape index (κ2) is 8.16. The number of nitrogens with zero attached hydrogens (tertiary/aromatic N) is 1. The van der Waals surface area contributed by atoms with E-state index in [4.69, 9.17) is 21.1 Å². The number of allylic oxidation sites excluding steroid dienone is 1. The zero-order chi connectivity index (χ0) is 20.3. The van der Waals surface area contributed by atoms with E-state index in [0.717, 1.165) is 0 Å². The van der Waals surface area contributed by atoms with Crippen molar-refractivity contribution in [2.45, 2.75) is 24.8 Å². The summed E-state index contributed by atoms with van der Waals surface area (Å²) >= 11 is 5.83. The average molecular weight is 420 g/mol. The summed E-state index contributed by atoms with van der Waals surface area (Å²) in [5, 5.41) is 0.404.